The number of methoxy groups -OCH3 is 1. The minimum atomic E-state index is -0.660. The van der Waals surface area contributed by atoms with E-state index in [9.17, 15) is 9.59 Å². The summed E-state index contributed by atoms with van der Waals surface area (Å²) in [5.74, 6) is -0.550. The van der Waals surface area contributed by atoms with Gasteiger partial charge in [0.1, 0.15) is 5.75 Å². The van der Waals surface area contributed by atoms with Crippen LogP contribution in [-0.4, -0.2) is 42.4 Å². The quantitative estimate of drug-likeness (QED) is 0.853. The van der Waals surface area contributed by atoms with Crippen LogP contribution in [0.5, 0.6) is 5.75 Å². The normalized spacial score (nSPS) is 10.0. The van der Waals surface area contributed by atoms with Crippen molar-refractivity contribution in [3.05, 3.63) is 54.4 Å². The number of ether oxygens (including phenoxy) is 1. The summed E-state index contributed by atoms with van der Waals surface area (Å²) in [5, 5.41) is 2.58. The second kappa shape index (κ2) is 7.93. The zero-order valence-corrected chi connectivity index (χ0v) is 13.2. The first-order valence-electron chi connectivity index (χ1n) is 7.19. The molecule has 6 heteroatoms. The summed E-state index contributed by atoms with van der Waals surface area (Å²) in [7, 11) is 3.17. The van der Waals surface area contributed by atoms with Crippen molar-refractivity contribution in [2.45, 2.75) is 6.42 Å². The third-order valence-electron chi connectivity index (χ3n) is 3.37. The first kappa shape index (κ1) is 16.5. The van der Waals surface area contributed by atoms with Crippen LogP contribution in [-0.2, 0) is 16.0 Å². The minimum absolute atomic E-state index is 0.457. The lowest BCUT2D eigenvalue weighted by atomic mass is 10.2. The predicted octanol–water partition coefficient (Wildman–Crippen LogP) is 1.73. The number of benzene rings is 1. The van der Waals surface area contributed by atoms with Crippen molar-refractivity contribution in [1.82, 2.24) is 9.88 Å². The first-order chi connectivity index (χ1) is 11.1. The number of nitrogens with one attached hydrogen (secondary N) is 1. The summed E-state index contributed by atoms with van der Waals surface area (Å²) in [6.07, 6.45) is 4.07. The molecule has 120 valence electrons. The largest absolute Gasteiger partial charge is 0.497 e. The Labute approximate surface area is 135 Å². The van der Waals surface area contributed by atoms with Crippen molar-refractivity contribution in [3.8, 4) is 5.75 Å². The lowest BCUT2D eigenvalue weighted by molar-refractivity contribution is -0.142. The number of hydrogen-bond acceptors (Lipinski definition) is 4. The zero-order valence-electron chi connectivity index (χ0n) is 13.2. The number of hydrogen-bond donors (Lipinski definition) is 1. The molecule has 0 spiro atoms. The molecule has 2 amide bonds. The van der Waals surface area contributed by atoms with E-state index in [1.807, 2.05) is 12.1 Å². The predicted molar refractivity (Wildman–Crippen MR) is 87.2 cm³/mol. The highest BCUT2D eigenvalue weighted by Crippen LogP contribution is 2.15. The fourth-order valence-corrected chi connectivity index (χ4v) is 1.98. The second-order valence-corrected chi connectivity index (χ2v) is 5.01. The molecule has 0 saturated heterocycles. The fourth-order valence-electron chi connectivity index (χ4n) is 1.98. The van der Waals surface area contributed by atoms with Gasteiger partial charge >= 0.3 is 11.8 Å². The Balaban J connectivity index is 1.86. The molecule has 2 aromatic rings. The van der Waals surface area contributed by atoms with Crippen LogP contribution in [0.3, 0.4) is 0 Å². The van der Waals surface area contributed by atoms with Crippen molar-refractivity contribution in [2.24, 2.45) is 0 Å². The fraction of sp³-hybridized carbons (Fsp3) is 0.235. The van der Waals surface area contributed by atoms with Gasteiger partial charge in [0.25, 0.3) is 0 Å². The summed E-state index contributed by atoms with van der Waals surface area (Å²) in [6.45, 7) is 0.457. The van der Waals surface area contributed by atoms with Gasteiger partial charge in [-0.25, -0.2) is 0 Å². The van der Waals surface area contributed by atoms with E-state index in [4.69, 9.17) is 4.74 Å². The zero-order chi connectivity index (χ0) is 16.7. The summed E-state index contributed by atoms with van der Waals surface area (Å²) in [5.41, 5.74) is 1.61. The van der Waals surface area contributed by atoms with Crippen molar-refractivity contribution in [2.75, 3.05) is 26.0 Å². The SMILES string of the molecule is COc1ccc(NC(=O)C(=O)N(C)CCc2ccncc2)cc1. The van der Waals surface area contributed by atoms with Crippen LogP contribution >= 0.6 is 0 Å². The van der Waals surface area contributed by atoms with Crippen LogP contribution in [0, 0.1) is 0 Å². The van der Waals surface area contributed by atoms with E-state index in [-0.39, 0.29) is 0 Å². The van der Waals surface area contributed by atoms with Crippen LogP contribution < -0.4 is 10.1 Å². The molecule has 1 heterocycles. The van der Waals surface area contributed by atoms with Crippen molar-refractivity contribution in [1.29, 1.82) is 0 Å². The smallest absolute Gasteiger partial charge is 0.313 e. The third kappa shape index (κ3) is 4.81. The maximum absolute atomic E-state index is 12.1. The lowest BCUT2D eigenvalue weighted by Crippen LogP contribution is -2.38. The van der Waals surface area contributed by atoms with E-state index in [0.29, 0.717) is 24.4 Å². The highest BCUT2D eigenvalue weighted by Gasteiger charge is 2.18. The Morgan fingerprint density at radius 1 is 1.13 bits per heavy atom. The van der Waals surface area contributed by atoms with E-state index in [1.54, 1.807) is 50.8 Å². The van der Waals surface area contributed by atoms with E-state index < -0.39 is 11.8 Å². The Morgan fingerprint density at radius 3 is 2.39 bits per heavy atom. The highest BCUT2D eigenvalue weighted by molar-refractivity contribution is 6.39. The molecule has 0 aliphatic heterocycles. The molecule has 0 fully saturated rings. The van der Waals surface area contributed by atoms with Crippen LogP contribution in [0.1, 0.15) is 5.56 Å². The molecule has 23 heavy (non-hydrogen) atoms. The molecule has 1 N–H and O–H groups in total. The number of rotatable bonds is 5. The number of carbonyl (C=O) groups excluding carboxylic acids is 2. The van der Waals surface area contributed by atoms with Gasteiger partial charge in [-0.3, -0.25) is 14.6 Å². The van der Waals surface area contributed by atoms with Crippen LogP contribution in [0.2, 0.25) is 0 Å². The van der Waals surface area contributed by atoms with Crippen molar-refractivity contribution < 1.29 is 14.3 Å². The molecule has 0 aliphatic rings. The van der Waals surface area contributed by atoms with Crippen molar-refractivity contribution >= 4 is 17.5 Å². The van der Waals surface area contributed by atoms with Gasteiger partial charge in [-0.2, -0.15) is 0 Å². The van der Waals surface area contributed by atoms with E-state index >= 15 is 0 Å². The Kier molecular flexibility index (Phi) is 5.68. The number of aromatic nitrogens is 1. The Morgan fingerprint density at radius 2 is 1.78 bits per heavy atom. The standard InChI is InChI=1S/C17H19N3O3/c1-20(12-9-13-7-10-18-11-8-13)17(22)16(21)19-14-3-5-15(23-2)6-4-14/h3-8,10-11H,9,12H2,1-2H3,(H,19,21). The van der Waals surface area contributed by atoms with Gasteiger partial charge in [0.05, 0.1) is 7.11 Å². The number of anilines is 1. The second-order valence-electron chi connectivity index (χ2n) is 5.01. The topological polar surface area (TPSA) is 71.5 Å². The molecule has 0 saturated carbocycles. The summed E-state index contributed by atoms with van der Waals surface area (Å²) < 4.78 is 5.04. The van der Waals surface area contributed by atoms with E-state index in [2.05, 4.69) is 10.3 Å². The maximum atomic E-state index is 12.1. The van der Waals surface area contributed by atoms with Gasteiger partial charge in [0, 0.05) is 31.7 Å². The molecule has 0 atom stereocenters. The first-order valence-corrected chi connectivity index (χ1v) is 7.19. The number of pyridine rings is 1. The monoisotopic (exact) mass is 313 g/mol. The molecular weight excluding hydrogens is 294 g/mol. The Bertz CT molecular complexity index is 657. The molecule has 6 nitrogen and oxygen atoms in total. The average Bonchev–Trinajstić information content (AvgIpc) is 2.60. The molecule has 0 bridgehead atoms. The molecule has 1 aromatic carbocycles. The number of carbonyl (C=O) groups is 2. The maximum Gasteiger partial charge on any atom is 0.313 e. The molecule has 1 aromatic heterocycles. The highest BCUT2D eigenvalue weighted by atomic mass is 16.5. The van der Waals surface area contributed by atoms with E-state index in [0.717, 1.165) is 5.56 Å². The van der Waals surface area contributed by atoms with Gasteiger partial charge in [-0.1, -0.05) is 0 Å². The summed E-state index contributed by atoms with van der Waals surface area (Å²) in [6, 6.07) is 10.6. The number of amides is 2. The van der Waals surface area contributed by atoms with Gasteiger partial charge < -0.3 is 15.0 Å². The molecule has 2 rings (SSSR count). The van der Waals surface area contributed by atoms with Crippen molar-refractivity contribution in [3.63, 3.8) is 0 Å². The lowest BCUT2D eigenvalue weighted by Gasteiger charge is -2.16. The van der Waals surface area contributed by atoms with Crippen LogP contribution in [0.15, 0.2) is 48.8 Å². The van der Waals surface area contributed by atoms with Gasteiger partial charge in [-0.05, 0) is 48.4 Å². The van der Waals surface area contributed by atoms with Crippen LogP contribution in [0.4, 0.5) is 5.69 Å². The van der Waals surface area contributed by atoms with E-state index in [1.165, 1.54) is 4.90 Å². The van der Waals surface area contributed by atoms with Gasteiger partial charge in [0.2, 0.25) is 0 Å². The summed E-state index contributed by atoms with van der Waals surface area (Å²) >= 11 is 0. The van der Waals surface area contributed by atoms with Gasteiger partial charge in [0.15, 0.2) is 0 Å². The minimum Gasteiger partial charge on any atom is -0.497 e. The average molecular weight is 313 g/mol. The van der Waals surface area contributed by atoms with Gasteiger partial charge in [-0.15, -0.1) is 0 Å². The molecule has 0 aliphatic carbocycles. The summed E-state index contributed by atoms with van der Waals surface area (Å²) in [4.78, 5) is 29.4. The Hall–Kier alpha value is -2.89. The number of nitrogens with zero attached hydrogens (tertiary/aromatic N) is 2. The molecule has 0 unspecified atom stereocenters. The third-order valence-corrected chi connectivity index (χ3v) is 3.37. The van der Waals surface area contributed by atoms with Crippen LogP contribution in [0.25, 0.3) is 0 Å². The number of likely N-dealkylation sites (N-methyl/N-ethyl adjacent to an activating group) is 1. The molecule has 0 radical (unpaired) electrons. The molecular formula is C17H19N3O3.